The zero-order valence-electron chi connectivity index (χ0n) is 13.2. The molecule has 1 atom stereocenters. The molecule has 0 aromatic rings. The van der Waals surface area contributed by atoms with E-state index in [0.29, 0.717) is 6.54 Å². The second-order valence-corrected chi connectivity index (χ2v) is 7.59. The molecule has 0 rings (SSSR count). The second-order valence-electron chi connectivity index (χ2n) is 5.73. The van der Waals surface area contributed by atoms with Gasteiger partial charge >= 0.3 is 6.09 Å². The lowest BCUT2D eigenvalue weighted by molar-refractivity contribution is 0.0504. The molecule has 0 aliphatic carbocycles. The van der Waals surface area contributed by atoms with E-state index in [9.17, 15) is 13.2 Å². The fourth-order valence-electron chi connectivity index (χ4n) is 1.38. The molecular formula is C12H27N3O4S. The predicted octanol–water partition coefficient (Wildman–Crippen LogP) is 1.08. The summed E-state index contributed by atoms with van der Waals surface area (Å²) >= 11 is 0. The van der Waals surface area contributed by atoms with E-state index in [2.05, 4.69) is 10.0 Å². The number of ether oxygens (including phenoxy) is 1. The van der Waals surface area contributed by atoms with E-state index in [1.54, 1.807) is 27.7 Å². The first-order valence-electron chi connectivity index (χ1n) is 6.68. The van der Waals surface area contributed by atoms with E-state index >= 15 is 0 Å². The van der Waals surface area contributed by atoms with Crippen molar-refractivity contribution in [2.75, 3.05) is 20.1 Å². The van der Waals surface area contributed by atoms with Gasteiger partial charge in [-0.1, -0.05) is 6.92 Å². The highest BCUT2D eigenvalue weighted by Crippen LogP contribution is 2.07. The van der Waals surface area contributed by atoms with Gasteiger partial charge in [-0.2, -0.15) is 12.7 Å². The molecule has 0 aromatic carbocycles. The van der Waals surface area contributed by atoms with Gasteiger partial charge in [-0.15, -0.1) is 0 Å². The lowest BCUT2D eigenvalue weighted by atomic mass is 10.2. The van der Waals surface area contributed by atoms with Crippen LogP contribution in [0, 0.1) is 0 Å². The van der Waals surface area contributed by atoms with Crippen LogP contribution in [0.5, 0.6) is 0 Å². The average Bonchev–Trinajstić information content (AvgIpc) is 2.23. The van der Waals surface area contributed by atoms with Crippen LogP contribution < -0.4 is 10.0 Å². The summed E-state index contributed by atoms with van der Waals surface area (Å²) in [6.07, 6.45) is 0.163. The minimum Gasteiger partial charge on any atom is -0.444 e. The van der Waals surface area contributed by atoms with E-state index in [1.165, 1.54) is 11.4 Å². The van der Waals surface area contributed by atoms with E-state index in [4.69, 9.17) is 4.74 Å². The van der Waals surface area contributed by atoms with Gasteiger partial charge in [0.25, 0.3) is 10.2 Å². The van der Waals surface area contributed by atoms with Crippen LogP contribution in [0.15, 0.2) is 0 Å². The Morgan fingerprint density at radius 2 is 1.90 bits per heavy atom. The maximum atomic E-state index is 11.8. The standard InChI is InChI=1S/C12H27N3O4S/c1-7-8-13-20(17,18)15(6)9-10(2)14-11(16)19-12(3,4)5/h10,13H,7-9H2,1-6H3,(H,14,16). The molecule has 0 saturated carbocycles. The van der Waals surface area contributed by atoms with E-state index in [-0.39, 0.29) is 12.6 Å². The molecule has 0 heterocycles. The Hall–Kier alpha value is -0.860. The fourth-order valence-corrected chi connectivity index (χ4v) is 2.48. The molecule has 0 fully saturated rings. The van der Waals surface area contributed by atoms with Gasteiger partial charge in [-0.3, -0.25) is 0 Å². The van der Waals surface area contributed by atoms with Crippen molar-refractivity contribution in [3.05, 3.63) is 0 Å². The van der Waals surface area contributed by atoms with Gasteiger partial charge in [0.15, 0.2) is 0 Å². The fraction of sp³-hybridized carbons (Fsp3) is 0.917. The highest BCUT2D eigenvalue weighted by atomic mass is 32.2. The number of nitrogens with zero attached hydrogens (tertiary/aromatic N) is 1. The molecule has 0 saturated heterocycles. The number of carbonyl (C=O) groups is 1. The van der Waals surface area contributed by atoms with Crippen LogP contribution in [0.4, 0.5) is 4.79 Å². The molecule has 1 unspecified atom stereocenters. The molecule has 0 radical (unpaired) electrons. The van der Waals surface area contributed by atoms with Crippen molar-refractivity contribution in [3.63, 3.8) is 0 Å². The first-order chi connectivity index (χ1) is 8.98. The molecule has 8 heteroatoms. The molecule has 1 amide bonds. The number of likely N-dealkylation sites (N-methyl/N-ethyl adjacent to an activating group) is 1. The van der Waals surface area contributed by atoms with Crippen molar-refractivity contribution in [2.24, 2.45) is 0 Å². The third kappa shape index (κ3) is 8.34. The van der Waals surface area contributed by atoms with Gasteiger partial charge in [0.2, 0.25) is 0 Å². The summed E-state index contributed by atoms with van der Waals surface area (Å²) in [5, 5.41) is 2.60. The molecular weight excluding hydrogens is 282 g/mol. The van der Waals surface area contributed by atoms with Crippen LogP contribution in [0.2, 0.25) is 0 Å². The van der Waals surface area contributed by atoms with Crippen LogP contribution >= 0.6 is 0 Å². The van der Waals surface area contributed by atoms with Crippen molar-refractivity contribution in [1.29, 1.82) is 0 Å². The van der Waals surface area contributed by atoms with Crippen LogP contribution in [0.25, 0.3) is 0 Å². The minimum absolute atomic E-state index is 0.165. The number of hydrogen-bond donors (Lipinski definition) is 2. The summed E-state index contributed by atoms with van der Waals surface area (Å²) in [7, 11) is -2.03. The van der Waals surface area contributed by atoms with Crippen molar-refractivity contribution in [1.82, 2.24) is 14.3 Å². The van der Waals surface area contributed by atoms with Crippen molar-refractivity contribution >= 4 is 16.3 Å². The van der Waals surface area contributed by atoms with Gasteiger partial charge in [0, 0.05) is 26.2 Å². The summed E-state index contributed by atoms with van der Waals surface area (Å²) < 4.78 is 32.4. The first kappa shape index (κ1) is 19.1. The second kappa shape index (κ2) is 7.80. The number of amides is 1. The Balaban J connectivity index is 4.33. The van der Waals surface area contributed by atoms with Crippen LogP contribution in [-0.4, -0.2) is 50.6 Å². The number of hydrogen-bond acceptors (Lipinski definition) is 4. The molecule has 0 bridgehead atoms. The minimum atomic E-state index is -3.50. The molecule has 7 nitrogen and oxygen atoms in total. The zero-order valence-corrected chi connectivity index (χ0v) is 14.0. The molecule has 0 aromatic heterocycles. The number of carbonyl (C=O) groups excluding carboxylic acids is 1. The van der Waals surface area contributed by atoms with Crippen molar-refractivity contribution in [2.45, 2.75) is 52.7 Å². The predicted molar refractivity (Wildman–Crippen MR) is 78.7 cm³/mol. The highest BCUT2D eigenvalue weighted by molar-refractivity contribution is 7.87. The topological polar surface area (TPSA) is 87.7 Å². The van der Waals surface area contributed by atoms with Gasteiger partial charge in [0.1, 0.15) is 5.60 Å². The smallest absolute Gasteiger partial charge is 0.407 e. The molecule has 2 N–H and O–H groups in total. The summed E-state index contributed by atoms with van der Waals surface area (Å²) in [5.74, 6) is 0. The quantitative estimate of drug-likeness (QED) is 0.736. The van der Waals surface area contributed by atoms with Crippen molar-refractivity contribution in [3.8, 4) is 0 Å². The lowest BCUT2D eigenvalue weighted by Crippen LogP contribution is -2.47. The Morgan fingerprint density at radius 1 is 1.35 bits per heavy atom. The monoisotopic (exact) mass is 309 g/mol. The van der Waals surface area contributed by atoms with E-state index in [0.717, 1.165) is 6.42 Å². The lowest BCUT2D eigenvalue weighted by Gasteiger charge is -2.24. The largest absolute Gasteiger partial charge is 0.444 e. The van der Waals surface area contributed by atoms with E-state index in [1.807, 2.05) is 6.92 Å². The molecule has 20 heavy (non-hydrogen) atoms. The van der Waals surface area contributed by atoms with Crippen LogP contribution in [-0.2, 0) is 14.9 Å². The summed E-state index contributed by atoms with van der Waals surface area (Å²) in [6, 6.07) is -0.354. The molecule has 0 aliphatic rings. The number of alkyl carbamates (subject to hydrolysis) is 1. The Kier molecular flexibility index (Phi) is 7.46. The summed E-state index contributed by atoms with van der Waals surface area (Å²) in [5.41, 5.74) is -0.579. The maximum Gasteiger partial charge on any atom is 0.407 e. The number of rotatable bonds is 7. The SMILES string of the molecule is CCCNS(=O)(=O)N(C)CC(C)NC(=O)OC(C)(C)C. The van der Waals surface area contributed by atoms with Crippen molar-refractivity contribution < 1.29 is 17.9 Å². The molecule has 0 aliphatic heterocycles. The van der Waals surface area contributed by atoms with Gasteiger partial charge in [-0.05, 0) is 34.1 Å². The maximum absolute atomic E-state index is 11.8. The Labute approximate surface area is 122 Å². The molecule has 120 valence electrons. The van der Waals surface area contributed by atoms with Gasteiger partial charge in [-0.25, -0.2) is 9.52 Å². The normalized spacial score (nSPS) is 14.2. The Bertz CT molecular complexity index is 403. The third-order valence-electron chi connectivity index (χ3n) is 2.24. The highest BCUT2D eigenvalue weighted by Gasteiger charge is 2.22. The third-order valence-corrected chi connectivity index (χ3v) is 3.78. The summed E-state index contributed by atoms with van der Waals surface area (Å²) in [4.78, 5) is 11.6. The zero-order chi connectivity index (χ0) is 16.0. The molecule has 0 spiro atoms. The van der Waals surface area contributed by atoms with Gasteiger partial charge in [0.05, 0.1) is 0 Å². The first-order valence-corrected chi connectivity index (χ1v) is 8.12. The van der Waals surface area contributed by atoms with Crippen LogP contribution in [0.1, 0.15) is 41.0 Å². The van der Waals surface area contributed by atoms with E-state index < -0.39 is 21.9 Å². The van der Waals surface area contributed by atoms with Gasteiger partial charge < -0.3 is 10.1 Å². The summed E-state index contributed by atoms with van der Waals surface area (Å²) in [6.45, 7) is 9.46. The van der Waals surface area contributed by atoms with Crippen LogP contribution in [0.3, 0.4) is 0 Å². The number of nitrogens with one attached hydrogen (secondary N) is 2. The average molecular weight is 309 g/mol. The Morgan fingerprint density at radius 3 is 2.35 bits per heavy atom.